The second-order valence-electron chi connectivity index (χ2n) is 5.55. The smallest absolute Gasteiger partial charge is 0.252 e. The van der Waals surface area contributed by atoms with Gasteiger partial charge in [0.15, 0.2) is 5.82 Å². The van der Waals surface area contributed by atoms with Crippen LogP contribution < -0.4 is 5.32 Å². The summed E-state index contributed by atoms with van der Waals surface area (Å²) in [5.41, 5.74) is 2.36. The van der Waals surface area contributed by atoms with Crippen molar-refractivity contribution >= 4 is 0 Å². The fraction of sp³-hybridized carbons (Fsp3) is 0.467. The van der Waals surface area contributed by atoms with E-state index in [4.69, 9.17) is 9.26 Å². The SMILES string of the molecule is Cc1ccccc1Cc1noc(COC2(C)CNC2)n1. The summed E-state index contributed by atoms with van der Waals surface area (Å²) in [6.07, 6.45) is 0.689. The Bertz CT molecular complexity index is 590. The Hall–Kier alpha value is -1.72. The van der Waals surface area contributed by atoms with Gasteiger partial charge in [-0.1, -0.05) is 29.4 Å². The van der Waals surface area contributed by atoms with Gasteiger partial charge in [0.05, 0.1) is 5.60 Å². The number of aryl methyl sites for hydroxylation is 1. The van der Waals surface area contributed by atoms with Gasteiger partial charge in [-0.3, -0.25) is 0 Å². The van der Waals surface area contributed by atoms with Gasteiger partial charge in [-0.25, -0.2) is 0 Å². The first-order valence-electron chi connectivity index (χ1n) is 6.85. The topological polar surface area (TPSA) is 60.2 Å². The third-order valence-electron chi connectivity index (χ3n) is 3.66. The van der Waals surface area contributed by atoms with Crippen LogP contribution in [0, 0.1) is 6.92 Å². The van der Waals surface area contributed by atoms with Crippen molar-refractivity contribution in [2.45, 2.75) is 32.5 Å². The normalized spacial score (nSPS) is 16.9. The maximum atomic E-state index is 5.78. The molecule has 1 aliphatic rings. The molecule has 5 nitrogen and oxygen atoms in total. The van der Waals surface area contributed by atoms with E-state index in [9.17, 15) is 0 Å². The van der Waals surface area contributed by atoms with E-state index in [0.717, 1.165) is 13.1 Å². The lowest BCUT2D eigenvalue weighted by Crippen LogP contribution is -2.58. The zero-order valence-corrected chi connectivity index (χ0v) is 11.8. The first-order valence-corrected chi connectivity index (χ1v) is 6.85. The van der Waals surface area contributed by atoms with Crippen LogP contribution in [0.15, 0.2) is 28.8 Å². The van der Waals surface area contributed by atoms with E-state index in [0.29, 0.717) is 24.7 Å². The number of ether oxygens (including phenoxy) is 1. The van der Waals surface area contributed by atoms with Crippen LogP contribution in [0.5, 0.6) is 0 Å². The molecule has 1 aromatic heterocycles. The van der Waals surface area contributed by atoms with Crippen molar-refractivity contribution in [3.8, 4) is 0 Å². The van der Waals surface area contributed by atoms with E-state index in [1.165, 1.54) is 11.1 Å². The van der Waals surface area contributed by atoms with E-state index in [-0.39, 0.29) is 5.60 Å². The Balaban J connectivity index is 1.60. The molecule has 0 unspecified atom stereocenters. The van der Waals surface area contributed by atoms with E-state index in [1.54, 1.807) is 0 Å². The van der Waals surface area contributed by atoms with Gasteiger partial charge in [-0.2, -0.15) is 4.98 Å². The highest BCUT2D eigenvalue weighted by atomic mass is 16.5. The summed E-state index contributed by atoms with van der Waals surface area (Å²) in [5, 5.41) is 7.21. The molecular formula is C15H19N3O2. The lowest BCUT2D eigenvalue weighted by molar-refractivity contribution is -0.0841. The molecule has 1 N–H and O–H groups in total. The van der Waals surface area contributed by atoms with Gasteiger partial charge in [0.1, 0.15) is 6.61 Å². The maximum absolute atomic E-state index is 5.78. The number of nitrogens with one attached hydrogen (secondary N) is 1. The highest BCUT2D eigenvalue weighted by molar-refractivity contribution is 5.27. The third-order valence-corrected chi connectivity index (χ3v) is 3.66. The van der Waals surface area contributed by atoms with Crippen LogP contribution in [-0.2, 0) is 17.8 Å². The number of hydrogen-bond acceptors (Lipinski definition) is 5. The number of rotatable bonds is 5. The number of benzene rings is 1. The molecule has 2 aromatic rings. The number of aromatic nitrogens is 2. The minimum atomic E-state index is -0.0926. The summed E-state index contributed by atoms with van der Waals surface area (Å²) in [7, 11) is 0. The van der Waals surface area contributed by atoms with Crippen LogP contribution in [0.3, 0.4) is 0 Å². The van der Waals surface area contributed by atoms with Crippen LogP contribution >= 0.6 is 0 Å². The van der Waals surface area contributed by atoms with Crippen molar-refractivity contribution in [1.82, 2.24) is 15.5 Å². The minimum absolute atomic E-state index is 0.0926. The summed E-state index contributed by atoms with van der Waals surface area (Å²) in [4.78, 5) is 4.38. The van der Waals surface area contributed by atoms with Crippen molar-refractivity contribution in [1.29, 1.82) is 0 Å². The molecule has 1 saturated heterocycles. The predicted octanol–water partition coefficient (Wildman–Crippen LogP) is 1.85. The molecule has 0 amide bonds. The van der Waals surface area contributed by atoms with Gasteiger partial charge < -0.3 is 14.6 Å². The zero-order valence-electron chi connectivity index (χ0n) is 11.8. The third kappa shape index (κ3) is 2.89. The van der Waals surface area contributed by atoms with Crippen molar-refractivity contribution in [3.63, 3.8) is 0 Å². The van der Waals surface area contributed by atoms with Crippen molar-refractivity contribution in [2.24, 2.45) is 0 Å². The van der Waals surface area contributed by atoms with Gasteiger partial charge in [0.25, 0.3) is 5.89 Å². The van der Waals surface area contributed by atoms with Crippen LogP contribution in [0.25, 0.3) is 0 Å². The number of hydrogen-bond donors (Lipinski definition) is 1. The van der Waals surface area contributed by atoms with Gasteiger partial charge in [-0.15, -0.1) is 0 Å². The minimum Gasteiger partial charge on any atom is -0.363 e. The van der Waals surface area contributed by atoms with Crippen LogP contribution in [0.1, 0.15) is 29.8 Å². The van der Waals surface area contributed by atoms with Crippen LogP contribution in [0.2, 0.25) is 0 Å². The first kappa shape index (κ1) is 13.3. The van der Waals surface area contributed by atoms with E-state index >= 15 is 0 Å². The summed E-state index contributed by atoms with van der Waals surface area (Å²) in [6, 6.07) is 8.23. The summed E-state index contributed by atoms with van der Waals surface area (Å²) < 4.78 is 11.0. The van der Waals surface area contributed by atoms with Crippen molar-refractivity contribution in [3.05, 3.63) is 47.1 Å². The second-order valence-corrected chi connectivity index (χ2v) is 5.55. The average Bonchev–Trinajstić information content (AvgIpc) is 2.85. The van der Waals surface area contributed by atoms with Crippen molar-refractivity contribution < 1.29 is 9.26 Å². The standard InChI is InChI=1S/C15H19N3O2/c1-11-5-3-4-6-12(11)7-13-17-14(20-18-13)8-19-15(2)9-16-10-15/h3-6,16H,7-10H2,1-2H3. The fourth-order valence-corrected chi connectivity index (χ4v) is 2.21. The molecule has 3 rings (SSSR count). The number of nitrogens with zero attached hydrogens (tertiary/aromatic N) is 2. The van der Waals surface area contributed by atoms with Gasteiger partial charge in [0, 0.05) is 19.5 Å². The Morgan fingerprint density at radius 1 is 1.35 bits per heavy atom. The molecule has 1 fully saturated rings. The molecule has 2 heterocycles. The molecule has 1 aliphatic heterocycles. The Morgan fingerprint density at radius 3 is 2.85 bits per heavy atom. The summed E-state index contributed by atoms with van der Waals surface area (Å²) in [5.74, 6) is 1.25. The largest absolute Gasteiger partial charge is 0.363 e. The van der Waals surface area contributed by atoms with Crippen LogP contribution in [0.4, 0.5) is 0 Å². The quantitative estimate of drug-likeness (QED) is 0.901. The average molecular weight is 273 g/mol. The lowest BCUT2D eigenvalue weighted by atomic mass is 10.0. The van der Waals surface area contributed by atoms with Gasteiger partial charge in [0.2, 0.25) is 0 Å². The zero-order chi connectivity index (χ0) is 14.0. The molecule has 0 spiro atoms. The summed E-state index contributed by atoms with van der Waals surface area (Å²) >= 11 is 0. The molecule has 0 saturated carbocycles. The Morgan fingerprint density at radius 2 is 2.15 bits per heavy atom. The molecule has 5 heteroatoms. The van der Waals surface area contributed by atoms with Gasteiger partial charge in [-0.05, 0) is 25.0 Å². The maximum Gasteiger partial charge on any atom is 0.252 e. The molecule has 20 heavy (non-hydrogen) atoms. The lowest BCUT2D eigenvalue weighted by Gasteiger charge is -2.38. The van der Waals surface area contributed by atoms with Crippen molar-refractivity contribution in [2.75, 3.05) is 13.1 Å². The van der Waals surface area contributed by atoms with E-state index < -0.39 is 0 Å². The van der Waals surface area contributed by atoms with E-state index in [2.05, 4.69) is 41.4 Å². The molecule has 0 aliphatic carbocycles. The highest BCUT2D eigenvalue weighted by Gasteiger charge is 2.32. The molecule has 106 valence electrons. The Labute approximate surface area is 118 Å². The van der Waals surface area contributed by atoms with E-state index in [1.807, 2.05) is 12.1 Å². The second kappa shape index (κ2) is 5.34. The van der Waals surface area contributed by atoms with Gasteiger partial charge >= 0.3 is 0 Å². The molecule has 0 atom stereocenters. The molecule has 1 aromatic carbocycles. The fourth-order valence-electron chi connectivity index (χ4n) is 2.21. The summed E-state index contributed by atoms with van der Waals surface area (Å²) in [6.45, 7) is 6.28. The molecule has 0 radical (unpaired) electrons. The molecular weight excluding hydrogens is 254 g/mol. The predicted molar refractivity (Wildman–Crippen MR) is 74.3 cm³/mol. The monoisotopic (exact) mass is 273 g/mol. The Kier molecular flexibility index (Phi) is 3.54. The van der Waals surface area contributed by atoms with Crippen LogP contribution in [-0.4, -0.2) is 28.8 Å². The first-order chi connectivity index (χ1) is 9.65. The molecule has 0 bridgehead atoms. The highest BCUT2D eigenvalue weighted by Crippen LogP contribution is 2.18.